The fraction of sp³-hybridized carbons (Fsp3) is 0.500. The molecule has 1 aliphatic rings. The maximum absolute atomic E-state index is 10.4. The molecule has 0 unspecified atom stereocenters. The molecule has 0 aliphatic carbocycles. The van der Waals surface area contributed by atoms with E-state index in [2.05, 4.69) is 42.6 Å². The number of hydrogen-bond acceptors (Lipinski definition) is 4. The third kappa shape index (κ3) is 10.9. The summed E-state index contributed by atoms with van der Waals surface area (Å²) in [4.78, 5) is 10.4. The van der Waals surface area contributed by atoms with Crippen LogP contribution in [0.25, 0.3) is 0 Å². The van der Waals surface area contributed by atoms with Gasteiger partial charge in [-0.1, -0.05) is 62.2 Å². The van der Waals surface area contributed by atoms with E-state index in [9.17, 15) is 15.0 Å². The SMILES string of the molecule is CCCCCOc1ccccc1NC(=O)[O-].OCC[N+]1(Cc2ccccc2)CCCCC1.[Cl-]. The molecule has 1 saturated heterocycles. The molecule has 1 fully saturated rings. The number of aliphatic hydroxyl groups is 1. The number of ether oxygens (including phenoxy) is 1. The number of quaternary nitrogens is 1. The Morgan fingerprint density at radius 3 is 2.33 bits per heavy atom. The van der Waals surface area contributed by atoms with Crippen LogP contribution in [0.3, 0.4) is 0 Å². The highest BCUT2D eigenvalue weighted by molar-refractivity contribution is 5.83. The Balaban J connectivity index is 0.000000320. The van der Waals surface area contributed by atoms with Crippen LogP contribution in [-0.2, 0) is 6.54 Å². The molecule has 33 heavy (non-hydrogen) atoms. The van der Waals surface area contributed by atoms with E-state index in [4.69, 9.17) is 4.74 Å². The van der Waals surface area contributed by atoms with Crippen molar-refractivity contribution in [3.63, 3.8) is 0 Å². The zero-order valence-corrected chi connectivity index (χ0v) is 20.4. The number of rotatable bonds is 10. The van der Waals surface area contributed by atoms with Gasteiger partial charge in [0.25, 0.3) is 0 Å². The van der Waals surface area contributed by atoms with E-state index in [1.54, 1.807) is 24.3 Å². The van der Waals surface area contributed by atoms with Gasteiger partial charge in [0.05, 0.1) is 32.0 Å². The minimum Gasteiger partial charge on any atom is -1.00 e. The van der Waals surface area contributed by atoms with E-state index in [-0.39, 0.29) is 12.4 Å². The summed E-state index contributed by atoms with van der Waals surface area (Å²) in [6.07, 6.45) is 5.86. The van der Waals surface area contributed by atoms with Gasteiger partial charge in [-0.25, -0.2) is 0 Å². The average Bonchev–Trinajstić information content (AvgIpc) is 2.79. The first-order chi connectivity index (χ1) is 15.6. The lowest BCUT2D eigenvalue weighted by Gasteiger charge is -2.41. The van der Waals surface area contributed by atoms with Crippen LogP contribution < -0.4 is 27.6 Å². The Kier molecular flexibility index (Phi) is 14.2. The highest BCUT2D eigenvalue weighted by Gasteiger charge is 2.29. The molecule has 0 spiro atoms. The van der Waals surface area contributed by atoms with Gasteiger partial charge in [0.2, 0.25) is 0 Å². The number of aliphatic hydroxyl groups excluding tert-OH is 1. The number of likely N-dealkylation sites (tertiary alicyclic amines) is 1. The van der Waals surface area contributed by atoms with Gasteiger partial charge in [-0.05, 0) is 37.8 Å². The first-order valence-electron chi connectivity index (χ1n) is 11.8. The van der Waals surface area contributed by atoms with Gasteiger partial charge in [0.1, 0.15) is 24.9 Å². The van der Waals surface area contributed by atoms with Crippen molar-refractivity contribution in [2.24, 2.45) is 0 Å². The van der Waals surface area contributed by atoms with Crippen molar-refractivity contribution < 1.29 is 36.6 Å². The van der Waals surface area contributed by atoms with Crippen molar-refractivity contribution in [2.45, 2.75) is 52.0 Å². The minimum atomic E-state index is -1.33. The summed E-state index contributed by atoms with van der Waals surface area (Å²) in [6, 6.07) is 17.6. The second-order valence-electron chi connectivity index (χ2n) is 8.40. The first kappa shape index (κ1) is 28.8. The molecule has 184 valence electrons. The molecule has 6 nitrogen and oxygen atoms in total. The van der Waals surface area contributed by atoms with Gasteiger partial charge in [0, 0.05) is 5.56 Å². The fourth-order valence-electron chi connectivity index (χ4n) is 4.17. The van der Waals surface area contributed by atoms with Crippen LogP contribution in [0.1, 0.15) is 51.0 Å². The van der Waals surface area contributed by atoms with Gasteiger partial charge in [-0.2, -0.15) is 0 Å². The molecule has 0 atom stereocenters. The Hall–Kier alpha value is -2.28. The number of carbonyl (C=O) groups excluding carboxylic acids is 1. The van der Waals surface area contributed by atoms with Gasteiger partial charge < -0.3 is 42.0 Å². The molecule has 0 bridgehead atoms. The number of carbonyl (C=O) groups is 1. The molecule has 2 N–H and O–H groups in total. The monoisotopic (exact) mass is 477 g/mol. The number of para-hydroxylation sites is 2. The summed E-state index contributed by atoms with van der Waals surface area (Å²) >= 11 is 0. The molecule has 0 saturated carbocycles. The number of nitrogens with one attached hydrogen (secondary N) is 1. The molecule has 3 rings (SSSR count). The van der Waals surface area contributed by atoms with Gasteiger partial charge in [-0.3, -0.25) is 0 Å². The summed E-state index contributed by atoms with van der Waals surface area (Å²) in [7, 11) is 0. The van der Waals surface area contributed by atoms with Crippen molar-refractivity contribution >= 4 is 11.8 Å². The van der Waals surface area contributed by atoms with E-state index < -0.39 is 6.09 Å². The van der Waals surface area contributed by atoms with E-state index in [1.807, 2.05) is 0 Å². The molecule has 7 heteroatoms. The predicted octanol–water partition coefficient (Wildman–Crippen LogP) is 1.19. The fourth-order valence-corrected chi connectivity index (χ4v) is 4.17. The number of carboxylic acid groups (broad SMARTS) is 1. The molecule has 1 heterocycles. The zero-order chi connectivity index (χ0) is 23.1. The number of nitrogens with zero attached hydrogens (tertiary/aromatic N) is 1. The Morgan fingerprint density at radius 2 is 1.70 bits per heavy atom. The number of unbranched alkanes of at least 4 members (excludes halogenated alkanes) is 2. The number of anilines is 1. The van der Waals surface area contributed by atoms with Crippen LogP contribution in [0.2, 0.25) is 0 Å². The van der Waals surface area contributed by atoms with Crippen molar-refractivity contribution in [3.8, 4) is 5.75 Å². The number of halogens is 1. The molecular formula is C26H38ClN2O4-. The molecule has 2 aromatic carbocycles. The van der Waals surface area contributed by atoms with Crippen LogP contribution in [-0.4, -0.2) is 48.5 Å². The summed E-state index contributed by atoms with van der Waals surface area (Å²) in [5.41, 5.74) is 1.83. The van der Waals surface area contributed by atoms with Gasteiger partial charge in [-0.15, -0.1) is 0 Å². The maximum atomic E-state index is 10.4. The summed E-state index contributed by atoms with van der Waals surface area (Å²) < 4.78 is 6.57. The zero-order valence-electron chi connectivity index (χ0n) is 19.7. The van der Waals surface area contributed by atoms with E-state index in [1.165, 1.54) is 37.9 Å². The highest BCUT2D eigenvalue weighted by atomic mass is 35.5. The third-order valence-electron chi connectivity index (χ3n) is 5.83. The van der Waals surface area contributed by atoms with Crippen molar-refractivity contribution in [2.75, 3.05) is 38.2 Å². The number of hydrogen-bond donors (Lipinski definition) is 2. The second kappa shape index (κ2) is 16.4. The lowest BCUT2D eigenvalue weighted by Crippen LogP contribution is -3.00. The van der Waals surface area contributed by atoms with E-state index in [0.717, 1.165) is 36.8 Å². The molecule has 0 radical (unpaired) electrons. The lowest BCUT2D eigenvalue weighted by molar-refractivity contribution is -0.945. The average molecular weight is 478 g/mol. The van der Waals surface area contributed by atoms with Gasteiger partial charge in [0.15, 0.2) is 0 Å². The summed E-state index contributed by atoms with van der Waals surface area (Å²) in [5, 5.41) is 21.9. The molecule has 2 aromatic rings. The molecule has 1 amide bonds. The Morgan fingerprint density at radius 1 is 1.03 bits per heavy atom. The Labute approximate surface area is 204 Å². The second-order valence-corrected chi connectivity index (χ2v) is 8.40. The largest absolute Gasteiger partial charge is 1.00 e. The number of amides is 1. The van der Waals surface area contributed by atoms with E-state index in [0.29, 0.717) is 24.7 Å². The Bertz CT molecular complexity index is 777. The predicted molar refractivity (Wildman–Crippen MR) is 126 cm³/mol. The van der Waals surface area contributed by atoms with Crippen molar-refractivity contribution in [1.29, 1.82) is 0 Å². The number of piperidine rings is 1. The normalized spacial score (nSPS) is 14.2. The van der Waals surface area contributed by atoms with E-state index >= 15 is 0 Å². The summed E-state index contributed by atoms with van der Waals surface area (Å²) in [5.74, 6) is 0.544. The van der Waals surface area contributed by atoms with Gasteiger partial charge >= 0.3 is 0 Å². The quantitative estimate of drug-likeness (QED) is 0.398. The van der Waals surface area contributed by atoms with Crippen molar-refractivity contribution in [3.05, 3.63) is 60.2 Å². The van der Waals surface area contributed by atoms with Crippen LogP contribution in [0.5, 0.6) is 5.75 Å². The van der Waals surface area contributed by atoms with Crippen LogP contribution in [0, 0.1) is 0 Å². The topological polar surface area (TPSA) is 81.6 Å². The van der Waals surface area contributed by atoms with Crippen LogP contribution in [0.4, 0.5) is 10.5 Å². The maximum Gasteiger partial charge on any atom is 0.142 e. The molecular weight excluding hydrogens is 440 g/mol. The first-order valence-corrected chi connectivity index (χ1v) is 11.8. The highest BCUT2D eigenvalue weighted by Crippen LogP contribution is 2.24. The molecule has 0 aromatic heterocycles. The lowest BCUT2D eigenvalue weighted by atomic mass is 10.1. The van der Waals surface area contributed by atoms with Crippen LogP contribution >= 0.6 is 0 Å². The number of benzene rings is 2. The molecule has 1 aliphatic heterocycles. The van der Waals surface area contributed by atoms with Crippen molar-refractivity contribution in [1.82, 2.24) is 0 Å². The smallest absolute Gasteiger partial charge is 0.142 e. The third-order valence-corrected chi connectivity index (χ3v) is 5.83. The summed E-state index contributed by atoms with van der Waals surface area (Å²) in [6.45, 7) is 7.49. The van der Waals surface area contributed by atoms with Crippen LogP contribution in [0.15, 0.2) is 54.6 Å². The minimum absolute atomic E-state index is 0. The standard InChI is InChI=1S/C14H22NO.C12H17NO3.ClH/c16-12-11-15(9-5-2-6-10-15)13-14-7-3-1-4-8-14;1-2-3-6-9-16-11-8-5-4-7-10(11)13-12(14)15;/h1,3-4,7-8,16H,2,5-6,9-13H2;4-5,7-8,13H,2-3,6,9H2,1H3,(H,14,15);1H/q+1;;/p-2.